The molecule has 0 N–H and O–H groups in total. The van der Waals surface area contributed by atoms with E-state index in [0.29, 0.717) is 11.6 Å². The molecule has 0 saturated heterocycles. The van der Waals surface area contributed by atoms with Crippen LogP contribution in [0.5, 0.6) is 0 Å². The quantitative estimate of drug-likeness (QED) is 0.113. The fourth-order valence-electron chi connectivity index (χ4n) is 15.3. The molecule has 0 aliphatic rings. The lowest BCUT2D eigenvalue weighted by Gasteiger charge is -2.13. The molecule has 4 aromatic heterocycles. The van der Waals surface area contributed by atoms with Crippen LogP contribution in [0.1, 0.15) is 0 Å². The van der Waals surface area contributed by atoms with Crippen molar-refractivity contribution in [2.45, 2.75) is 0 Å². The Morgan fingerprint density at radius 3 is 0.861 bits per heavy atom. The van der Waals surface area contributed by atoms with E-state index in [-0.39, 0.29) is 0 Å². The zero-order chi connectivity index (χ0) is 71.7. The molecule has 16 aromatic carbocycles. The Labute approximate surface area is 626 Å². The molecule has 0 bridgehead atoms. The van der Waals surface area contributed by atoms with Gasteiger partial charge in [-0.15, -0.1) is 0 Å². The molecular weight excluding hydrogens is 1310 g/mol. The molecule has 20 rings (SSSR count). The summed E-state index contributed by atoms with van der Waals surface area (Å²) in [6, 6.07) is 133. The van der Waals surface area contributed by atoms with Crippen LogP contribution in [0.15, 0.2) is 401 Å². The average molecular weight is 1380 g/mol. The van der Waals surface area contributed by atoms with Crippen LogP contribution in [0.25, 0.3) is 199 Å². The van der Waals surface area contributed by atoms with Gasteiger partial charge in [0.15, 0.2) is 11.6 Å². The zero-order valence-corrected chi connectivity index (χ0v) is 58.8. The number of nitrogens with zero attached hydrogens (tertiary/aromatic N) is 6. The molecule has 0 aliphatic carbocycles. The molecule has 108 heavy (non-hydrogen) atoms. The number of pyridine rings is 2. The number of fused-ring (bicyclic) bond motifs is 8. The van der Waals surface area contributed by atoms with Gasteiger partial charge in [0, 0.05) is 58.2 Å². The molecule has 0 atom stereocenters. The first kappa shape index (κ1) is 64.4. The molecule has 4 heterocycles. The van der Waals surface area contributed by atoms with Crippen molar-refractivity contribution in [3.8, 4) is 135 Å². The van der Waals surface area contributed by atoms with Gasteiger partial charge in [-0.25, -0.2) is 19.9 Å². The molecule has 20 aromatic rings. The Hall–Kier alpha value is -14.5. The Bertz CT molecular complexity index is 6730. The van der Waals surface area contributed by atoms with Gasteiger partial charge in [0.25, 0.3) is 0 Å². The van der Waals surface area contributed by atoms with Crippen molar-refractivity contribution in [1.29, 1.82) is 0 Å². The fourth-order valence-corrected chi connectivity index (χ4v) is 15.3. The van der Waals surface area contributed by atoms with E-state index in [1.165, 1.54) is 98.0 Å². The normalized spacial score (nSPS) is 11.3. The molecule has 0 unspecified atom stereocenters. The van der Waals surface area contributed by atoms with Gasteiger partial charge in [0.05, 0.1) is 22.8 Å². The third-order valence-electron chi connectivity index (χ3n) is 20.8. The maximum Gasteiger partial charge on any atom is 0.160 e. The lowest BCUT2D eigenvalue weighted by atomic mass is 9.92. The van der Waals surface area contributed by atoms with Crippen molar-refractivity contribution < 1.29 is 0 Å². The van der Waals surface area contributed by atoms with E-state index < -0.39 is 0 Å². The van der Waals surface area contributed by atoms with Crippen molar-refractivity contribution in [2.75, 3.05) is 0 Å². The van der Waals surface area contributed by atoms with Crippen LogP contribution in [-0.4, -0.2) is 29.9 Å². The third kappa shape index (κ3) is 12.7. The minimum absolute atomic E-state index is 0.686. The number of hydrogen-bond donors (Lipinski definition) is 0. The van der Waals surface area contributed by atoms with Crippen molar-refractivity contribution in [3.05, 3.63) is 401 Å². The van der Waals surface area contributed by atoms with Crippen LogP contribution in [0.2, 0.25) is 0 Å². The number of benzene rings is 16. The van der Waals surface area contributed by atoms with Crippen LogP contribution in [0.3, 0.4) is 0 Å². The highest BCUT2D eigenvalue weighted by atomic mass is 14.9. The van der Waals surface area contributed by atoms with E-state index in [2.05, 4.69) is 374 Å². The van der Waals surface area contributed by atoms with Gasteiger partial charge in [-0.3, -0.25) is 9.97 Å². The molecule has 0 radical (unpaired) electrons. The summed E-state index contributed by atoms with van der Waals surface area (Å²) in [5.41, 5.74) is 23.4. The second-order valence-electron chi connectivity index (χ2n) is 27.3. The monoisotopic (exact) mass is 1370 g/mol. The summed E-state index contributed by atoms with van der Waals surface area (Å²) < 4.78 is 0. The maximum absolute atomic E-state index is 5.24. The fraction of sp³-hybridized carbons (Fsp3) is 0. The number of rotatable bonds is 12. The summed E-state index contributed by atoms with van der Waals surface area (Å²) in [5, 5.41) is 14.9. The zero-order valence-electron chi connectivity index (χ0n) is 58.8. The van der Waals surface area contributed by atoms with Crippen molar-refractivity contribution in [2.24, 2.45) is 0 Å². The van der Waals surface area contributed by atoms with Gasteiger partial charge in [0.1, 0.15) is 0 Å². The van der Waals surface area contributed by atoms with Crippen LogP contribution >= 0.6 is 0 Å². The molecule has 504 valence electrons. The second kappa shape index (κ2) is 28.3. The first-order valence-corrected chi connectivity index (χ1v) is 36.5. The summed E-state index contributed by atoms with van der Waals surface area (Å²) in [7, 11) is 0. The van der Waals surface area contributed by atoms with Crippen LogP contribution < -0.4 is 0 Å². The lowest BCUT2D eigenvalue weighted by Crippen LogP contribution is -1.96. The molecule has 6 heteroatoms. The Morgan fingerprint density at radius 1 is 0.148 bits per heavy atom. The van der Waals surface area contributed by atoms with Crippen LogP contribution in [0.4, 0.5) is 0 Å². The van der Waals surface area contributed by atoms with Gasteiger partial charge in [0.2, 0.25) is 0 Å². The first-order chi connectivity index (χ1) is 53.5. The number of aromatic nitrogens is 6. The minimum atomic E-state index is 0.686. The van der Waals surface area contributed by atoms with E-state index in [4.69, 9.17) is 19.9 Å². The van der Waals surface area contributed by atoms with Gasteiger partial charge in [-0.05, 0) is 174 Å². The second-order valence-corrected chi connectivity index (χ2v) is 27.3. The summed E-state index contributed by atoms with van der Waals surface area (Å²) in [6.07, 6.45) is 7.38. The molecule has 6 nitrogen and oxygen atoms in total. The summed E-state index contributed by atoms with van der Waals surface area (Å²) in [6.45, 7) is 0. The molecule has 0 saturated carbocycles. The van der Waals surface area contributed by atoms with Crippen LogP contribution in [0, 0.1) is 0 Å². The van der Waals surface area contributed by atoms with Crippen molar-refractivity contribution >= 4 is 64.6 Å². The highest BCUT2D eigenvalue weighted by molar-refractivity contribution is 6.15. The van der Waals surface area contributed by atoms with Gasteiger partial charge in [-0.2, -0.15) is 0 Å². The minimum Gasteiger partial charge on any atom is -0.264 e. The molecule has 0 spiro atoms. The average Bonchev–Trinajstić information content (AvgIpc) is 0.769. The van der Waals surface area contributed by atoms with E-state index >= 15 is 0 Å². The molecule has 0 amide bonds. The smallest absolute Gasteiger partial charge is 0.160 e. The predicted molar refractivity (Wildman–Crippen MR) is 450 cm³/mol. The van der Waals surface area contributed by atoms with E-state index in [9.17, 15) is 0 Å². The SMILES string of the molecule is c1cncc(-c2ccc(-c3cc(-c4ccc(-c5cc6ccccc6c6ccccc56)cc4)nc(-c4ccc(-c5cccc6ccccc56)cc4)n3)cc2)c1.c1cncc(-c2ccc(-c3cc(-c4ccc(-c5cc6ccccc6c6ccccc56)cc4)nc(-c4cccc(-c5cccc6ccccc56)c4)n3)cc2)c1. The third-order valence-corrected chi connectivity index (χ3v) is 20.8. The highest BCUT2D eigenvalue weighted by Crippen LogP contribution is 2.41. The molecular formula is C102H66N6. The largest absolute Gasteiger partial charge is 0.264 e. The topological polar surface area (TPSA) is 77.3 Å². The molecule has 0 fully saturated rings. The maximum atomic E-state index is 5.24. The lowest BCUT2D eigenvalue weighted by molar-refractivity contribution is 1.18. The van der Waals surface area contributed by atoms with Crippen molar-refractivity contribution in [3.63, 3.8) is 0 Å². The summed E-state index contributed by atoms with van der Waals surface area (Å²) in [5.74, 6) is 1.37. The standard InChI is InChI=1S/2C51H33N3/c1-3-16-43-35(10-1)12-8-20-44(43)39-13-7-14-41(30-39)51-53-49(37-25-21-34(22-26-37)42-15-9-29-52-33-42)32-50(54-51)38-27-23-36(24-28-38)48-31-40-11-2-4-17-45(40)46-18-5-6-19-47(46)48;1-3-13-43-35(9-1)11-7-17-44(43)36-22-28-40(29-23-36)51-53-49(38-24-18-34(19-25-38)42-12-8-30-52-33-42)32-50(54-51)39-26-20-37(21-27-39)48-31-41-10-2-4-14-45(41)46-15-5-6-16-47(46)48/h2*1-33H. The Kier molecular flexibility index (Phi) is 16.9. The predicted octanol–water partition coefficient (Wildman–Crippen LogP) is 26.7. The summed E-state index contributed by atoms with van der Waals surface area (Å²) >= 11 is 0. The van der Waals surface area contributed by atoms with E-state index in [1.54, 1.807) is 12.4 Å². The Balaban J connectivity index is 0.000000147. The highest BCUT2D eigenvalue weighted by Gasteiger charge is 2.18. The summed E-state index contributed by atoms with van der Waals surface area (Å²) in [4.78, 5) is 29.4. The van der Waals surface area contributed by atoms with Crippen molar-refractivity contribution in [1.82, 2.24) is 29.9 Å². The Morgan fingerprint density at radius 2 is 0.444 bits per heavy atom. The van der Waals surface area contributed by atoms with Gasteiger partial charge in [-0.1, -0.05) is 334 Å². The van der Waals surface area contributed by atoms with E-state index in [0.717, 1.165) is 89.5 Å². The molecule has 0 aliphatic heterocycles. The first-order valence-electron chi connectivity index (χ1n) is 36.5. The van der Waals surface area contributed by atoms with Gasteiger partial charge < -0.3 is 0 Å². The van der Waals surface area contributed by atoms with Crippen LogP contribution in [-0.2, 0) is 0 Å². The van der Waals surface area contributed by atoms with Gasteiger partial charge >= 0.3 is 0 Å². The van der Waals surface area contributed by atoms with E-state index in [1.807, 2.05) is 24.5 Å². The number of hydrogen-bond acceptors (Lipinski definition) is 6.